The van der Waals surface area contributed by atoms with Crippen molar-refractivity contribution in [2.24, 2.45) is 0 Å². The van der Waals surface area contributed by atoms with Gasteiger partial charge >= 0.3 is 0 Å². The third-order valence-electron chi connectivity index (χ3n) is 3.04. The smallest absolute Gasteiger partial charge is 0.0398 e. The van der Waals surface area contributed by atoms with E-state index in [1.54, 1.807) is 0 Å². The largest absolute Gasteiger partial charge is 0.449 e. The van der Waals surface area contributed by atoms with Gasteiger partial charge in [-0.25, -0.2) is 0 Å². The molecule has 2 aromatic rings. The summed E-state index contributed by atoms with van der Waals surface area (Å²) in [6.45, 7) is 8.42. The summed E-state index contributed by atoms with van der Waals surface area (Å²) in [5, 5.41) is 2.54. The molecule has 2 N–H and O–H groups in total. The van der Waals surface area contributed by atoms with Crippen molar-refractivity contribution in [3.8, 4) is 0 Å². The minimum Gasteiger partial charge on any atom is -0.449 e. The van der Waals surface area contributed by atoms with Crippen molar-refractivity contribution >= 4 is 16.5 Å². The second-order valence-corrected chi connectivity index (χ2v) is 4.71. The van der Waals surface area contributed by atoms with Crippen molar-refractivity contribution in [2.45, 2.75) is 27.7 Å². The standard InChI is InChI=1S/C15H18N/c1-9(2)14-13-6-5-10(3)7-12(13)8-11(4)15(14)16/h5-8H,16H2,1-4H3/q-1. The molecule has 0 unspecified atom stereocenters. The van der Waals surface area contributed by atoms with Crippen LogP contribution in [0.1, 0.15) is 30.5 Å². The lowest BCUT2D eigenvalue weighted by molar-refractivity contribution is 1.16. The molecule has 0 atom stereocenters. The number of nitrogens with two attached hydrogens (primary N) is 1. The second kappa shape index (κ2) is 3.75. The van der Waals surface area contributed by atoms with Crippen LogP contribution in [0, 0.1) is 19.8 Å². The first kappa shape index (κ1) is 10.9. The zero-order valence-corrected chi connectivity index (χ0v) is 10.4. The lowest BCUT2D eigenvalue weighted by atomic mass is 9.91. The fourth-order valence-corrected chi connectivity index (χ4v) is 2.22. The van der Waals surface area contributed by atoms with Gasteiger partial charge in [0.25, 0.3) is 0 Å². The number of hydrogen-bond acceptors (Lipinski definition) is 1. The quantitative estimate of drug-likeness (QED) is 0.561. The molecule has 0 spiro atoms. The predicted molar refractivity (Wildman–Crippen MR) is 71.5 cm³/mol. The van der Waals surface area contributed by atoms with Crippen molar-refractivity contribution in [3.63, 3.8) is 0 Å². The molecule has 0 saturated carbocycles. The van der Waals surface area contributed by atoms with Crippen LogP contribution in [0.4, 0.5) is 5.69 Å². The molecule has 0 bridgehead atoms. The average Bonchev–Trinajstić information content (AvgIpc) is 2.19. The van der Waals surface area contributed by atoms with Crippen LogP contribution in [0.15, 0.2) is 24.3 Å². The Morgan fingerprint density at radius 2 is 1.75 bits per heavy atom. The number of benzene rings is 2. The Hall–Kier alpha value is -1.63. The van der Waals surface area contributed by atoms with Gasteiger partial charge in [0, 0.05) is 0 Å². The van der Waals surface area contributed by atoms with Crippen molar-refractivity contribution in [3.05, 3.63) is 46.9 Å². The molecule has 1 nitrogen and oxygen atoms in total. The Kier molecular flexibility index (Phi) is 2.55. The highest BCUT2D eigenvalue weighted by Crippen LogP contribution is 2.33. The van der Waals surface area contributed by atoms with Gasteiger partial charge in [-0.15, -0.1) is 11.5 Å². The Morgan fingerprint density at radius 1 is 1.06 bits per heavy atom. The van der Waals surface area contributed by atoms with Gasteiger partial charge < -0.3 is 5.73 Å². The maximum atomic E-state index is 6.17. The van der Waals surface area contributed by atoms with Crippen molar-refractivity contribution in [1.82, 2.24) is 0 Å². The van der Waals surface area contributed by atoms with Gasteiger partial charge in [-0.05, 0) is 13.8 Å². The number of rotatable bonds is 1. The summed E-state index contributed by atoms with van der Waals surface area (Å²) in [6.07, 6.45) is 0. The van der Waals surface area contributed by atoms with Gasteiger partial charge in [0.1, 0.15) is 0 Å². The Bertz CT molecular complexity index is 539. The Labute approximate surface area is 97.3 Å². The normalized spacial score (nSPS) is 10.8. The van der Waals surface area contributed by atoms with Gasteiger partial charge in [0.2, 0.25) is 0 Å². The molecule has 0 aliphatic rings. The molecule has 84 valence electrons. The van der Waals surface area contributed by atoms with Crippen LogP contribution in [0.5, 0.6) is 0 Å². The third-order valence-corrected chi connectivity index (χ3v) is 3.04. The van der Waals surface area contributed by atoms with E-state index in [1.807, 2.05) is 0 Å². The zero-order valence-electron chi connectivity index (χ0n) is 10.4. The molecule has 0 heterocycles. The monoisotopic (exact) mass is 212 g/mol. The van der Waals surface area contributed by atoms with Crippen molar-refractivity contribution in [2.75, 3.05) is 5.73 Å². The van der Waals surface area contributed by atoms with Crippen LogP contribution in [-0.4, -0.2) is 0 Å². The van der Waals surface area contributed by atoms with E-state index in [-0.39, 0.29) is 0 Å². The third kappa shape index (κ3) is 1.63. The van der Waals surface area contributed by atoms with Gasteiger partial charge in [-0.1, -0.05) is 54.2 Å². The molecule has 0 fully saturated rings. The summed E-state index contributed by atoms with van der Waals surface area (Å²) in [5.41, 5.74) is 10.7. The molecule has 2 aromatic carbocycles. The minimum absolute atomic E-state index is 0.913. The number of anilines is 1. The number of aryl methyl sites for hydroxylation is 2. The number of fused-ring (bicyclic) bond motifs is 1. The predicted octanol–water partition coefficient (Wildman–Crippen LogP) is 4.00. The molecule has 2 rings (SSSR count). The molecule has 0 saturated heterocycles. The summed E-state index contributed by atoms with van der Waals surface area (Å²) in [6, 6.07) is 8.70. The van der Waals surface area contributed by atoms with Crippen molar-refractivity contribution in [1.29, 1.82) is 0 Å². The molecule has 0 amide bonds. The second-order valence-electron chi connectivity index (χ2n) is 4.71. The molecular formula is C15H18N-. The Balaban J connectivity index is 2.89. The van der Waals surface area contributed by atoms with E-state index in [4.69, 9.17) is 5.73 Å². The molecule has 0 aliphatic carbocycles. The van der Waals surface area contributed by atoms with Crippen molar-refractivity contribution < 1.29 is 0 Å². The van der Waals surface area contributed by atoms with E-state index in [9.17, 15) is 0 Å². The molecule has 0 aromatic heterocycles. The van der Waals surface area contributed by atoms with E-state index in [0.29, 0.717) is 0 Å². The first-order chi connectivity index (χ1) is 7.50. The zero-order chi connectivity index (χ0) is 11.9. The van der Waals surface area contributed by atoms with Crippen LogP contribution in [-0.2, 0) is 0 Å². The molecule has 0 aliphatic heterocycles. The van der Waals surface area contributed by atoms with Crippen LogP contribution in [0.2, 0.25) is 0 Å². The van der Waals surface area contributed by atoms with Crippen LogP contribution in [0.3, 0.4) is 0 Å². The topological polar surface area (TPSA) is 26.0 Å². The van der Waals surface area contributed by atoms with Gasteiger partial charge in [-0.2, -0.15) is 11.5 Å². The van der Waals surface area contributed by atoms with Crippen LogP contribution >= 0.6 is 0 Å². The highest BCUT2D eigenvalue weighted by atomic mass is 14.6. The highest BCUT2D eigenvalue weighted by molar-refractivity contribution is 5.93. The van der Waals surface area contributed by atoms with E-state index in [0.717, 1.165) is 11.3 Å². The van der Waals surface area contributed by atoms with Crippen LogP contribution < -0.4 is 5.73 Å². The fourth-order valence-electron chi connectivity index (χ4n) is 2.22. The molecule has 1 heteroatoms. The lowest BCUT2D eigenvalue weighted by Gasteiger charge is -2.25. The summed E-state index contributed by atoms with van der Waals surface area (Å²) in [4.78, 5) is 0. The summed E-state index contributed by atoms with van der Waals surface area (Å²) in [5.74, 6) is 1.27. The SMILES string of the molecule is Cc1ccc2c([C-](C)C)c(N)c(C)cc2c1. The Morgan fingerprint density at radius 3 is 2.38 bits per heavy atom. The lowest BCUT2D eigenvalue weighted by Crippen LogP contribution is -2.01. The summed E-state index contributed by atoms with van der Waals surface area (Å²) in [7, 11) is 0. The van der Waals surface area contributed by atoms with Gasteiger partial charge in [0.15, 0.2) is 0 Å². The van der Waals surface area contributed by atoms with E-state index >= 15 is 0 Å². The maximum Gasteiger partial charge on any atom is -0.0398 e. The first-order valence-corrected chi connectivity index (χ1v) is 5.60. The maximum absolute atomic E-state index is 6.17. The highest BCUT2D eigenvalue weighted by Gasteiger charge is 2.02. The van der Waals surface area contributed by atoms with Gasteiger partial charge in [0.05, 0.1) is 0 Å². The van der Waals surface area contributed by atoms with Gasteiger partial charge in [-0.3, -0.25) is 0 Å². The molecular weight excluding hydrogens is 194 g/mol. The summed E-state index contributed by atoms with van der Waals surface area (Å²) >= 11 is 0. The van der Waals surface area contributed by atoms with E-state index in [2.05, 4.69) is 52.0 Å². The van der Waals surface area contributed by atoms with Crippen LogP contribution in [0.25, 0.3) is 10.8 Å². The molecule has 0 radical (unpaired) electrons. The molecule has 16 heavy (non-hydrogen) atoms. The number of hydrogen-bond donors (Lipinski definition) is 1. The first-order valence-electron chi connectivity index (χ1n) is 5.60. The average molecular weight is 212 g/mol. The van der Waals surface area contributed by atoms with E-state index < -0.39 is 0 Å². The fraction of sp³-hybridized carbons (Fsp3) is 0.267. The minimum atomic E-state index is 0.913. The van der Waals surface area contributed by atoms with E-state index in [1.165, 1.54) is 27.8 Å². The summed E-state index contributed by atoms with van der Waals surface area (Å²) < 4.78 is 0. The number of nitrogen functional groups attached to an aromatic ring is 1.